The summed E-state index contributed by atoms with van der Waals surface area (Å²) in [4.78, 5) is 38.6. The fourth-order valence-corrected chi connectivity index (χ4v) is 2.94. The summed E-state index contributed by atoms with van der Waals surface area (Å²) in [6.07, 6.45) is 0.343. The molecular formula is C19H22N2O5. The summed E-state index contributed by atoms with van der Waals surface area (Å²) in [6.45, 7) is 7.91. The Morgan fingerprint density at radius 1 is 1.15 bits per heavy atom. The molecule has 1 saturated heterocycles. The van der Waals surface area contributed by atoms with Gasteiger partial charge in [0.2, 0.25) is 0 Å². The molecule has 0 unspecified atom stereocenters. The fraction of sp³-hybridized carbons (Fsp3) is 0.421. The van der Waals surface area contributed by atoms with Crippen molar-refractivity contribution < 1.29 is 18.7 Å². The molecule has 7 heteroatoms. The Labute approximate surface area is 151 Å². The van der Waals surface area contributed by atoms with Gasteiger partial charge in [-0.15, -0.1) is 0 Å². The Morgan fingerprint density at radius 2 is 1.85 bits per heavy atom. The summed E-state index contributed by atoms with van der Waals surface area (Å²) < 4.78 is 10.6. The van der Waals surface area contributed by atoms with Gasteiger partial charge in [-0.05, 0) is 32.9 Å². The average molecular weight is 358 g/mol. The van der Waals surface area contributed by atoms with Crippen molar-refractivity contribution in [2.75, 3.05) is 31.1 Å². The molecule has 0 spiro atoms. The molecule has 1 aliphatic rings. The number of amides is 1. The van der Waals surface area contributed by atoms with E-state index in [1.165, 1.54) is 6.07 Å². The minimum atomic E-state index is -0.550. The number of hydrogen-bond donors (Lipinski definition) is 0. The second-order valence-corrected chi connectivity index (χ2v) is 7.27. The zero-order valence-electron chi connectivity index (χ0n) is 15.2. The highest BCUT2D eigenvalue weighted by Gasteiger charge is 2.26. The highest BCUT2D eigenvalue weighted by atomic mass is 16.6. The number of aldehydes is 1. The van der Waals surface area contributed by atoms with Gasteiger partial charge < -0.3 is 19.0 Å². The lowest BCUT2D eigenvalue weighted by Crippen LogP contribution is -2.50. The van der Waals surface area contributed by atoms with Crippen LogP contribution in [-0.2, 0) is 4.74 Å². The zero-order valence-corrected chi connectivity index (χ0v) is 15.2. The maximum atomic E-state index is 12.1. The van der Waals surface area contributed by atoms with E-state index in [0.717, 1.165) is 5.69 Å². The van der Waals surface area contributed by atoms with E-state index in [-0.39, 0.29) is 6.09 Å². The van der Waals surface area contributed by atoms with E-state index in [1.54, 1.807) is 17.0 Å². The van der Waals surface area contributed by atoms with Crippen LogP contribution in [0.2, 0.25) is 0 Å². The van der Waals surface area contributed by atoms with Crippen molar-refractivity contribution in [1.82, 2.24) is 4.90 Å². The van der Waals surface area contributed by atoms with Gasteiger partial charge in [-0.3, -0.25) is 4.79 Å². The molecular weight excluding hydrogens is 336 g/mol. The Kier molecular flexibility index (Phi) is 4.71. The number of hydrogen-bond acceptors (Lipinski definition) is 6. The SMILES string of the molecule is CC(C)(C)OC(=O)N1CCN(c2ccc3c(C=O)cc(=O)oc3c2)CC1. The fourth-order valence-electron chi connectivity index (χ4n) is 2.94. The lowest BCUT2D eigenvalue weighted by atomic mass is 10.1. The standard InChI is InChI=1S/C19H22N2O5/c1-19(2,3)26-18(24)21-8-6-20(7-9-21)14-4-5-15-13(12-22)10-17(23)25-16(15)11-14/h4-5,10-12H,6-9H2,1-3H3. The van der Waals surface area contributed by atoms with E-state index in [4.69, 9.17) is 9.15 Å². The van der Waals surface area contributed by atoms with Gasteiger partial charge in [0.15, 0.2) is 6.29 Å². The highest BCUT2D eigenvalue weighted by Crippen LogP contribution is 2.24. The van der Waals surface area contributed by atoms with Gasteiger partial charge in [0.1, 0.15) is 11.2 Å². The van der Waals surface area contributed by atoms with Crippen LogP contribution in [0.5, 0.6) is 0 Å². The van der Waals surface area contributed by atoms with Gasteiger partial charge in [-0.25, -0.2) is 9.59 Å². The van der Waals surface area contributed by atoms with Gasteiger partial charge >= 0.3 is 11.7 Å². The van der Waals surface area contributed by atoms with Crippen LogP contribution < -0.4 is 10.5 Å². The van der Waals surface area contributed by atoms with Crippen LogP contribution in [0.4, 0.5) is 10.5 Å². The number of anilines is 1. The Hall–Kier alpha value is -2.83. The molecule has 26 heavy (non-hydrogen) atoms. The first-order chi connectivity index (χ1) is 12.3. The molecule has 1 aromatic heterocycles. The third-order valence-electron chi connectivity index (χ3n) is 4.18. The molecule has 0 saturated carbocycles. The van der Waals surface area contributed by atoms with E-state index >= 15 is 0 Å². The second kappa shape index (κ2) is 6.82. The summed E-state index contributed by atoms with van der Waals surface area (Å²) in [5.41, 5.74) is 0.517. The van der Waals surface area contributed by atoms with Crippen LogP contribution >= 0.6 is 0 Å². The van der Waals surface area contributed by atoms with Crippen molar-refractivity contribution >= 4 is 29.0 Å². The summed E-state index contributed by atoms with van der Waals surface area (Å²) >= 11 is 0. The predicted octanol–water partition coefficient (Wildman–Crippen LogP) is 2.66. The number of nitrogens with zero attached hydrogens (tertiary/aromatic N) is 2. The third-order valence-corrected chi connectivity index (χ3v) is 4.18. The maximum absolute atomic E-state index is 12.1. The molecule has 3 rings (SSSR count). The zero-order chi connectivity index (χ0) is 18.9. The van der Waals surface area contributed by atoms with Gasteiger partial charge in [0.05, 0.1) is 0 Å². The summed E-state index contributed by atoms with van der Waals surface area (Å²) in [5, 5.41) is 0.607. The number of piperazine rings is 1. The van der Waals surface area contributed by atoms with Crippen molar-refractivity contribution in [2.24, 2.45) is 0 Å². The third kappa shape index (κ3) is 3.87. The van der Waals surface area contributed by atoms with Crippen LogP contribution in [0.3, 0.4) is 0 Å². The van der Waals surface area contributed by atoms with E-state index in [2.05, 4.69) is 4.90 Å². The predicted molar refractivity (Wildman–Crippen MR) is 97.9 cm³/mol. The number of fused-ring (bicyclic) bond motifs is 1. The Balaban J connectivity index is 1.74. The number of carbonyl (C=O) groups is 2. The molecule has 138 valence electrons. The second-order valence-electron chi connectivity index (χ2n) is 7.27. The van der Waals surface area contributed by atoms with Crippen molar-refractivity contribution in [3.63, 3.8) is 0 Å². The van der Waals surface area contributed by atoms with Crippen LogP contribution in [0, 0.1) is 0 Å². The normalized spacial score (nSPS) is 15.2. The first-order valence-electron chi connectivity index (χ1n) is 8.53. The van der Waals surface area contributed by atoms with Crippen LogP contribution in [0.25, 0.3) is 11.0 Å². The first-order valence-corrected chi connectivity index (χ1v) is 8.53. The number of carbonyl (C=O) groups excluding carboxylic acids is 2. The minimum absolute atomic E-state index is 0.308. The summed E-state index contributed by atoms with van der Waals surface area (Å²) in [7, 11) is 0. The first kappa shape index (κ1) is 18.0. The van der Waals surface area contributed by atoms with Crippen molar-refractivity contribution in [1.29, 1.82) is 0 Å². The summed E-state index contributed by atoms with van der Waals surface area (Å²) in [5.74, 6) is 0. The molecule has 1 aromatic carbocycles. The van der Waals surface area contributed by atoms with Crippen LogP contribution in [0.15, 0.2) is 33.5 Å². The molecule has 0 aliphatic carbocycles. The number of ether oxygens (including phenoxy) is 1. The van der Waals surface area contributed by atoms with E-state index < -0.39 is 11.2 Å². The molecule has 1 amide bonds. The van der Waals surface area contributed by atoms with Crippen molar-refractivity contribution in [3.8, 4) is 0 Å². The topological polar surface area (TPSA) is 80.1 Å². The van der Waals surface area contributed by atoms with Crippen LogP contribution in [-0.4, -0.2) is 49.1 Å². The molecule has 0 N–H and O–H groups in total. The maximum Gasteiger partial charge on any atom is 0.410 e. The molecule has 0 atom stereocenters. The van der Waals surface area contributed by atoms with Crippen LogP contribution in [0.1, 0.15) is 31.1 Å². The summed E-state index contributed by atoms with van der Waals surface area (Å²) in [6, 6.07) is 6.61. The molecule has 2 heterocycles. The lowest BCUT2D eigenvalue weighted by Gasteiger charge is -2.36. The molecule has 2 aromatic rings. The molecule has 7 nitrogen and oxygen atoms in total. The van der Waals surface area contributed by atoms with Gasteiger partial charge in [-0.1, -0.05) is 0 Å². The van der Waals surface area contributed by atoms with E-state index in [1.807, 2.05) is 26.8 Å². The molecule has 0 radical (unpaired) electrons. The highest BCUT2D eigenvalue weighted by molar-refractivity contribution is 5.96. The monoisotopic (exact) mass is 358 g/mol. The largest absolute Gasteiger partial charge is 0.444 e. The Bertz CT molecular complexity index is 889. The molecule has 1 aliphatic heterocycles. The van der Waals surface area contributed by atoms with Gasteiger partial charge in [0.25, 0.3) is 0 Å². The number of benzene rings is 1. The minimum Gasteiger partial charge on any atom is -0.444 e. The lowest BCUT2D eigenvalue weighted by molar-refractivity contribution is 0.0240. The Morgan fingerprint density at radius 3 is 2.46 bits per heavy atom. The van der Waals surface area contributed by atoms with Gasteiger partial charge in [-0.2, -0.15) is 0 Å². The molecule has 0 bridgehead atoms. The average Bonchev–Trinajstić information content (AvgIpc) is 2.59. The van der Waals surface area contributed by atoms with Crippen molar-refractivity contribution in [3.05, 3.63) is 40.2 Å². The van der Waals surface area contributed by atoms with Gasteiger partial charge in [0, 0.05) is 54.9 Å². The molecule has 1 fully saturated rings. The quantitative estimate of drug-likeness (QED) is 0.606. The number of rotatable bonds is 2. The van der Waals surface area contributed by atoms with Crippen molar-refractivity contribution in [2.45, 2.75) is 26.4 Å². The smallest absolute Gasteiger partial charge is 0.410 e. The van der Waals surface area contributed by atoms with E-state index in [0.29, 0.717) is 49.0 Å². The van der Waals surface area contributed by atoms with E-state index in [9.17, 15) is 14.4 Å².